The third-order valence-corrected chi connectivity index (χ3v) is 6.24. The first-order valence-electron chi connectivity index (χ1n) is 12.6. The fraction of sp³-hybridized carbons (Fsp3) is 0.481. The Morgan fingerprint density at radius 1 is 0.943 bits per heavy atom. The maximum atomic E-state index is 13.3. The molecule has 1 aliphatic rings. The lowest BCUT2D eigenvalue weighted by Gasteiger charge is -2.17. The number of carbonyl (C=O) groups excluding carboxylic acids is 2. The van der Waals surface area contributed by atoms with Crippen LogP contribution in [0.25, 0.3) is 6.08 Å². The Kier molecular flexibility index (Phi) is 9.23. The van der Waals surface area contributed by atoms with E-state index in [1.165, 1.54) is 4.90 Å². The number of aryl methyl sites for hydroxylation is 1. The van der Waals surface area contributed by atoms with E-state index in [0.717, 1.165) is 62.0 Å². The van der Waals surface area contributed by atoms with Gasteiger partial charge in [0.15, 0.2) is 0 Å². The SMILES string of the molecule is CCCCc1ncc(/C=C2/C(=O)N(CCCC)C(=O)N2CCCC)n1Cc1ccc(C(=O)O)cc1. The summed E-state index contributed by atoms with van der Waals surface area (Å²) >= 11 is 0. The summed E-state index contributed by atoms with van der Waals surface area (Å²) in [6.07, 6.45) is 9.76. The summed E-state index contributed by atoms with van der Waals surface area (Å²) in [5.41, 5.74) is 2.32. The highest BCUT2D eigenvalue weighted by Crippen LogP contribution is 2.26. The van der Waals surface area contributed by atoms with Crippen molar-refractivity contribution in [2.45, 2.75) is 72.3 Å². The summed E-state index contributed by atoms with van der Waals surface area (Å²) in [6, 6.07) is 6.54. The molecule has 1 aromatic carbocycles. The molecule has 2 heterocycles. The average molecular weight is 481 g/mol. The van der Waals surface area contributed by atoms with Gasteiger partial charge in [-0.1, -0.05) is 52.2 Å². The molecule has 0 atom stereocenters. The van der Waals surface area contributed by atoms with Crippen LogP contribution in [0.4, 0.5) is 4.79 Å². The number of carbonyl (C=O) groups is 3. The van der Waals surface area contributed by atoms with E-state index in [1.807, 2.05) is 6.92 Å². The number of unbranched alkanes of at least 4 members (excludes halogenated alkanes) is 3. The smallest absolute Gasteiger partial charge is 0.335 e. The van der Waals surface area contributed by atoms with Crippen LogP contribution in [-0.2, 0) is 17.8 Å². The molecule has 0 saturated carbocycles. The van der Waals surface area contributed by atoms with Crippen LogP contribution in [-0.4, -0.2) is 55.5 Å². The van der Waals surface area contributed by atoms with Crippen molar-refractivity contribution in [3.8, 4) is 0 Å². The predicted molar refractivity (Wildman–Crippen MR) is 135 cm³/mol. The van der Waals surface area contributed by atoms with Crippen molar-refractivity contribution in [1.82, 2.24) is 19.4 Å². The molecule has 3 rings (SSSR count). The van der Waals surface area contributed by atoms with Crippen molar-refractivity contribution < 1.29 is 19.5 Å². The number of hydrogen-bond acceptors (Lipinski definition) is 4. The standard InChI is InChI=1S/C27H36N4O4/c1-4-7-10-24-28-18-22(31(24)19-20-11-13-21(14-12-20)26(33)34)17-23-25(32)30(16-9-6-3)27(35)29(23)15-8-5-2/h11-14,17-18H,4-10,15-16,19H2,1-3H3,(H,33,34)/b23-17-. The summed E-state index contributed by atoms with van der Waals surface area (Å²) in [5, 5.41) is 9.19. The Labute approximate surface area is 207 Å². The molecule has 0 bridgehead atoms. The molecule has 1 aliphatic heterocycles. The van der Waals surface area contributed by atoms with Gasteiger partial charge in [0, 0.05) is 26.1 Å². The normalized spacial score (nSPS) is 15.0. The van der Waals surface area contributed by atoms with Crippen LogP contribution in [0.2, 0.25) is 0 Å². The zero-order chi connectivity index (χ0) is 25.4. The lowest BCUT2D eigenvalue weighted by atomic mass is 10.1. The van der Waals surface area contributed by atoms with Gasteiger partial charge >= 0.3 is 12.0 Å². The molecular formula is C27H36N4O4. The third-order valence-electron chi connectivity index (χ3n) is 6.24. The summed E-state index contributed by atoms with van der Waals surface area (Å²) in [7, 11) is 0. The molecule has 188 valence electrons. The van der Waals surface area contributed by atoms with Crippen LogP contribution >= 0.6 is 0 Å². The van der Waals surface area contributed by atoms with Crippen molar-refractivity contribution in [3.05, 3.63) is 58.8 Å². The molecular weight excluding hydrogens is 444 g/mol. The monoisotopic (exact) mass is 480 g/mol. The fourth-order valence-electron chi connectivity index (χ4n) is 4.11. The highest BCUT2D eigenvalue weighted by atomic mass is 16.4. The minimum absolute atomic E-state index is 0.238. The van der Waals surface area contributed by atoms with Gasteiger partial charge in [0.1, 0.15) is 11.5 Å². The van der Waals surface area contributed by atoms with Crippen molar-refractivity contribution in [2.24, 2.45) is 0 Å². The Hall–Kier alpha value is -3.42. The number of imidazole rings is 1. The number of carboxylic acid groups (broad SMARTS) is 1. The van der Waals surface area contributed by atoms with E-state index in [-0.39, 0.29) is 17.5 Å². The number of rotatable bonds is 13. The molecule has 8 nitrogen and oxygen atoms in total. The van der Waals surface area contributed by atoms with Gasteiger partial charge in [0.05, 0.1) is 17.5 Å². The van der Waals surface area contributed by atoms with Crippen LogP contribution < -0.4 is 0 Å². The van der Waals surface area contributed by atoms with Crippen LogP contribution in [0.5, 0.6) is 0 Å². The quantitative estimate of drug-likeness (QED) is 0.315. The molecule has 0 unspecified atom stereocenters. The molecule has 2 aromatic rings. The average Bonchev–Trinajstić information content (AvgIpc) is 3.32. The van der Waals surface area contributed by atoms with Gasteiger partial charge in [-0.3, -0.25) is 14.6 Å². The summed E-state index contributed by atoms with van der Waals surface area (Å²) in [5.74, 6) is -0.314. The highest BCUT2D eigenvalue weighted by molar-refractivity contribution is 6.13. The van der Waals surface area contributed by atoms with E-state index in [2.05, 4.69) is 23.4 Å². The number of imide groups is 1. The first-order chi connectivity index (χ1) is 16.9. The second-order valence-electron chi connectivity index (χ2n) is 8.92. The van der Waals surface area contributed by atoms with E-state index in [1.54, 1.807) is 41.4 Å². The number of aromatic nitrogens is 2. The van der Waals surface area contributed by atoms with E-state index in [0.29, 0.717) is 25.3 Å². The summed E-state index contributed by atoms with van der Waals surface area (Å²) in [6.45, 7) is 7.64. The van der Waals surface area contributed by atoms with Crippen LogP contribution in [0.1, 0.15) is 86.7 Å². The third kappa shape index (κ3) is 6.18. The first-order valence-corrected chi connectivity index (χ1v) is 12.6. The number of amides is 3. The topological polar surface area (TPSA) is 95.7 Å². The van der Waals surface area contributed by atoms with Crippen LogP contribution in [0.3, 0.4) is 0 Å². The maximum Gasteiger partial charge on any atom is 0.335 e. The van der Waals surface area contributed by atoms with Crippen molar-refractivity contribution >= 4 is 24.0 Å². The van der Waals surface area contributed by atoms with Crippen molar-refractivity contribution in [3.63, 3.8) is 0 Å². The van der Waals surface area contributed by atoms with Gasteiger partial charge in [0.25, 0.3) is 5.91 Å². The van der Waals surface area contributed by atoms with Gasteiger partial charge < -0.3 is 9.67 Å². The lowest BCUT2D eigenvalue weighted by Crippen LogP contribution is -2.34. The Morgan fingerprint density at radius 3 is 2.17 bits per heavy atom. The molecule has 1 N–H and O–H groups in total. The minimum atomic E-state index is -0.961. The van der Waals surface area contributed by atoms with Crippen molar-refractivity contribution in [1.29, 1.82) is 0 Å². The highest BCUT2D eigenvalue weighted by Gasteiger charge is 2.40. The lowest BCUT2D eigenvalue weighted by molar-refractivity contribution is -0.123. The van der Waals surface area contributed by atoms with Gasteiger partial charge in [-0.25, -0.2) is 14.6 Å². The van der Waals surface area contributed by atoms with Gasteiger partial charge in [-0.2, -0.15) is 0 Å². The second-order valence-corrected chi connectivity index (χ2v) is 8.92. The number of nitrogens with zero attached hydrogens (tertiary/aromatic N) is 4. The number of hydrogen-bond donors (Lipinski definition) is 1. The molecule has 1 saturated heterocycles. The maximum absolute atomic E-state index is 13.3. The molecule has 0 aliphatic carbocycles. The van der Waals surface area contributed by atoms with E-state index < -0.39 is 5.97 Å². The first kappa shape index (κ1) is 26.2. The molecule has 3 amide bonds. The number of carboxylic acids is 1. The van der Waals surface area contributed by atoms with Crippen LogP contribution in [0, 0.1) is 0 Å². The fourth-order valence-corrected chi connectivity index (χ4v) is 4.11. The number of benzene rings is 1. The molecule has 1 aromatic heterocycles. The Morgan fingerprint density at radius 2 is 1.57 bits per heavy atom. The zero-order valence-electron chi connectivity index (χ0n) is 21.0. The van der Waals surface area contributed by atoms with Gasteiger partial charge in [0.2, 0.25) is 0 Å². The van der Waals surface area contributed by atoms with Crippen molar-refractivity contribution in [2.75, 3.05) is 13.1 Å². The number of aromatic carboxylic acids is 1. The Bertz CT molecular complexity index is 1070. The predicted octanol–water partition coefficient (Wildman–Crippen LogP) is 5.18. The molecule has 0 radical (unpaired) electrons. The second kappa shape index (κ2) is 12.3. The molecule has 1 fully saturated rings. The van der Waals surface area contributed by atoms with E-state index in [9.17, 15) is 19.5 Å². The zero-order valence-corrected chi connectivity index (χ0v) is 21.0. The molecule has 35 heavy (non-hydrogen) atoms. The molecule has 8 heteroatoms. The van der Waals surface area contributed by atoms with E-state index >= 15 is 0 Å². The summed E-state index contributed by atoms with van der Waals surface area (Å²) < 4.78 is 2.06. The van der Waals surface area contributed by atoms with Crippen LogP contribution in [0.15, 0.2) is 36.2 Å². The van der Waals surface area contributed by atoms with Gasteiger partial charge in [-0.15, -0.1) is 0 Å². The molecule has 0 spiro atoms. The summed E-state index contributed by atoms with van der Waals surface area (Å²) in [4.78, 5) is 45.1. The van der Waals surface area contributed by atoms with Gasteiger partial charge in [-0.05, 0) is 43.0 Å². The largest absolute Gasteiger partial charge is 0.478 e. The van der Waals surface area contributed by atoms with E-state index in [4.69, 9.17) is 0 Å². The minimum Gasteiger partial charge on any atom is -0.478 e. The Balaban J connectivity index is 1.98. The number of urea groups is 1.